The lowest BCUT2D eigenvalue weighted by Crippen LogP contribution is -2.18. The molecule has 0 fully saturated rings. The van der Waals surface area contributed by atoms with E-state index in [0.29, 0.717) is 0 Å². The molecule has 102 valence electrons. The fraction of sp³-hybridized carbons (Fsp3) is 0.667. The first-order valence-corrected chi connectivity index (χ1v) is 5.04. The zero-order valence-corrected chi connectivity index (χ0v) is 9.24. The lowest BCUT2D eigenvalue weighted by Gasteiger charge is -2.05. The highest BCUT2D eigenvalue weighted by Gasteiger charge is 2.27. The summed E-state index contributed by atoms with van der Waals surface area (Å²) in [5.41, 5.74) is 0. The molecule has 0 aromatic carbocycles. The van der Waals surface area contributed by atoms with Crippen LogP contribution in [0.25, 0.3) is 0 Å². The molecule has 1 aromatic heterocycles. The monoisotopic (exact) mass is 268 g/mol. The highest BCUT2D eigenvalue weighted by atomic mass is 19.4. The Balaban J connectivity index is 2.25. The van der Waals surface area contributed by atoms with Gasteiger partial charge in [-0.05, 0) is 0 Å². The molecule has 1 heterocycles. The van der Waals surface area contributed by atoms with E-state index in [1.165, 1.54) is 0 Å². The summed E-state index contributed by atoms with van der Waals surface area (Å²) < 4.78 is 44.3. The number of aromatic nitrogens is 2. The van der Waals surface area contributed by atoms with E-state index in [9.17, 15) is 18.0 Å². The summed E-state index contributed by atoms with van der Waals surface area (Å²) in [5.74, 6) is -0.663. The van der Waals surface area contributed by atoms with Crippen molar-refractivity contribution in [3.05, 3.63) is 11.7 Å². The Bertz CT molecular complexity index is 391. The summed E-state index contributed by atoms with van der Waals surface area (Å²) in [6.45, 7) is -1.51. The van der Waals surface area contributed by atoms with E-state index in [4.69, 9.17) is 9.63 Å². The van der Waals surface area contributed by atoms with Gasteiger partial charge in [-0.3, -0.25) is 4.79 Å². The van der Waals surface area contributed by atoms with Crippen molar-refractivity contribution in [2.75, 3.05) is 13.2 Å². The number of hydrogen-bond acceptors (Lipinski definition) is 5. The van der Waals surface area contributed by atoms with Crippen LogP contribution in [0.2, 0.25) is 0 Å². The number of hydrogen-bond donors (Lipinski definition) is 1. The first-order valence-electron chi connectivity index (χ1n) is 5.04. The Hall–Kier alpha value is -1.64. The largest absolute Gasteiger partial charge is 0.481 e. The fourth-order valence-corrected chi connectivity index (χ4v) is 1.06. The van der Waals surface area contributed by atoms with Gasteiger partial charge >= 0.3 is 12.1 Å². The van der Waals surface area contributed by atoms with Crippen LogP contribution < -0.4 is 0 Å². The zero-order chi connectivity index (χ0) is 13.6. The molecule has 1 rings (SSSR count). The Morgan fingerprint density at radius 3 is 2.72 bits per heavy atom. The second kappa shape index (κ2) is 6.34. The number of aryl methyl sites for hydroxylation is 1. The lowest BCUT2D eigenvalue weighted by molar-refractivity contribution is -0.173. The van der Waals surface area contributed by atoms with Crippen LogP contribution in [0.4, 0.5) is 13.2 Å². The molecule has 1 aromatic rings. The van der Waals surface area contributed by atoms with Crippen molar-refractivity contribution in [3.63, 3.8) is 0 Å². The van der Waals surface area contributed by atoms with E-state index in [-0.39, 0.29) is 37.6 Å². The van der Waals surface area contributed by atoms with Gasteiger partial charge in [-0.25, -0.2) is 0 Å². The Labute approximate surface area is 99.7 Å². The molecule has 0 spiro atoms. The average Bonchev–Trinajstić information content (AvgIpc) is 2.68. The van der Waals surface area contributed by atoms with Crippen LogP contribution in [0.1, 0.15) is 18.1 Å². The van der Waals surface area contributed by atoms with Gasteiger partial charge in [-0.2, -0.15) is 18.2 Å². The van der Waals surface area contributed by atoms with Gasteiger partial charge in [0, 0.05) is 12.8 Å². The summed E-state index contributed by atoms with van der Waals surface area (Å²) in [6, 6.07) is 0. The molecule has 0 saturated heterocycles. The van der Waals surface area contributed by atoms with E-state index in [0.717, 1.165) is 0 Å². The number of carbonyl (C=O) groups is 1. The average molecular weight is 268 g/mol. The van der Waals surface area contributed by atoms with E-state index < -0.39 is 18.8 Å². The minimum atomic E-state index is -4.36. The number of alkyl halides is 3. The zero-order valence-electron chi connectivity index (χ0n) is 9.24. The predicted molar refractivity (Wildman–Crippen MR) is 50.8 cm³/mol. The van der Waals surface area contributed by atoms with Crippen molar-refractivity contribution in [1.82, 2.24) is 10.1 Å². The minimum Gasteiger partial charge on any atom is -0.481 e. The molecule has 0 radical (unpaired) electrons. The number of carboxylic acids is 1. The third-order valence-corrected chi connectivity index (χ3v) is 1.80. The van der Waals surface area contributed by atoms with Gasteiger partial charge in [-0.15, -0.1) is 0 Å². The molecule has 9 heteroatoms. The van der Waals surface area contributed by atoms with Gasteiger partial charge in [0.1, 0.15) is 6.61 Å². The van der Waals surface area contributed by atoms with E-state index >= 15 is 0 Å². The second-order valence-electron chi connectivity index (χ2n) is 3.42. The summed E-state index contributed by atoms with van der Waals surface area (Å²) in [4.78, 5) is 14.1. The molecule has 0 amide bonds. The van der Waals surface area contributed by atoms with Crippen LogP contribution >= 0.6 is 0 Å². The quantitative estimate of drug-likeness (QED) is 0.748. The van der Waals surface area contributed by atoms with Crippen LogP contribution in [0, 0.1) is 0 Å². The number of carboxylic acid groups (broad SMARTS) is 1. The molecule has 0 aliphatic heterocycles. The van der Waals surface area contributed by atoms with E-state index in [1.807, 2.05) is 0 Å². The predicted octanol–water partition coefficient (Wildman–Crippen LogP) is 1.21. The van der Waals surface area contributed by atoms with Crippen molar-refractivity contribution in [1.29, 1.82) is 0 Å². The third kappa shape index (κ3) is 6.18. The molecular formula is C9H11F3N2O4. The van der Waals surface area contributed by atoms with Crippen molar-refractivity contribution in [2.24, 2.45) is 0 Å². The number of rotatable bonds is 7. The molecule has 0 unspecified atom stereocenters. The number of halogens is 3. The molecular weight excluding hydrogens is 257 g/mol. The highest BCUT2D eigenvalue weighted by molar-refractivity contribution is 5.66. The first kappa shape index (κ1) is 14.4. The number of ether oxygens (including phenoxy) is 1. The summed E-state index contributed by atoms with van der Waals surface area (Å²) >= 11 is 0. The maximum Gasteiger partial charge on any atom is 0.411 e. The van der Waals surface area contributed by atoms with Gasteiger partial charge in [0.05, 0.1) is 13.0 Å². The third-order valence-electron chi connectivity index (χ3n) is 1.80. The molecule has 6 nitrogen and oxygen atoms in total. The first-order chi connectivity index (χ1) is 8.37. The topological polar surface area (TPSA) is 85.5 Å². The Kier molecular flexibility index (Phi) is 5.08. The molecule has 1 N–H and O–H groups in total. The second-order valence-corrected chi connectivity index (χ2v) is 3.42. The van der Waals surface area contributed by atoms with Crippen LogP contribution in [0.3, 0.4) is 0 Å². The number of nitrogens with zero attached hydrogens (tertiary/aromatic N) is 2. The summed E-state index contributed by atoms with van der Waals surface area (Å²) in [7, 11) is 0. The van der Waals surface area contributed by atoms with E-state index in [2.05, 4.69) is 14.9 Å². The van der Waals surface area contributed by atoms with Crippen LogP contribution in [0.15, 0.2) is 4.52 Å². The summed E-state index contributed by atoms with van der Waals surface area (Å²) in [6.07, 6.45) is -4.34. The maximum absolute atomic E-state index is 11.7. The van der Waals surface area contributed by atoms with Crippen molar-refractivity contribution in [3.8, 4) is 0 Å². The van der Waals surface area contributed by atoms with Gasteiger partial charge in [0.2, 0.25) is 5.89 Å². The highest BCUT2D eigenvalue weighted by Crippen LogP contribution is 2.14. The van der Waals surface area contributed by atoms with Crippen LogP contribution in [-0.2, 0) is 22.4 Å². The number of aliphatic carboxylic acids is 1. The van der Waals surface area contributed by atoms with Crippen molar-refractivity contribution in [2.45, 2.75) is 25.4 Å². The molecule has 0 atom stereocenters. The van der Waals surface area contributed by atoms with Crippen LogP contribution in [-0.4, -0.2) is 40.6 Å². The van der Waals surface area contributed by atoms with Crippen molar-refractivity contribution < 1.29 is 32.3 Å². The van der Waals surface area contributed by atoms with E-state index in [1.54, 1.807) is 0 Å². The van der Waals surface area contributed by atoms with Crippen LogP contribution in [0.5, 0.6) is 0 Å². The summed E-state index contributed by atoms with van der Waals surface area (Å²) in [5, 5.41) is 11.9. The van der Waals surface area contributed by atoms with Gasteiger partial charge in [0.25, 0.3) is 0 Å². The Morgan fingerprint density at radius 1 is 1.39 bits per heavy atom. The normalized spacial score (nSPS) is 11.7. The van der Waals surface area contributed by atoms with Gasteiger partial charge < -0.3 is 14.4 Å². The van der Waals surface area contributed by atoms with Crippen molar-refractivity contribution >= 4 is 5.97 Å². The van der Waals surface area contributed by atoms with Gasteiger partial charge in [-0.1, -0.05) is 5.16 Å². The maximum atomic E-state index is 11.7. The standard InChI is InChI=1S/C9H11F3N2O4/c10-9(11,12)5-17-4-3-6-13-7(18-14-6)1-2-8(15)16/h1-5H2,(H,15,16). The van der Waals surface area contributed by atoms with Gasteiger partial charge in [0.15, 0.2) is 5.82 Å². The Morgan fingerprint density at radius 2 is 2.11 bits per heavy atom. The molecule has 0 saturated carbocycles. The molecule has 0 aliphatic carbocycles. The minimum absolute atomic E-state index is 0.0760. The SMILES string of the molecule is O=C(O)CCc1nc(CCOCC(F)(F)F)no1. The molecule has 0 bridgehead atoms. The molecule has 0 aliphatic rings. The fourth-order valence-electron chi connectivity index (χ4n) is 1.06. The smallest absolute Gasteiger partial charge is 0.411 e. The lowest BCUT2D eigenvalue weighted by atomic mass is 10.3. The molecule has 18 heavy (non-hydrogen) atoms.